The second-order valence-electron chi connectivity index (χ2n) is 6.26. The summed E-state index contributed by atoms with van der Waals surface area (Å²) >= 11 is 0. The molecule has 4 rings (SSSR count). The Hall–Kier alpha value is -3.67. The largest absolute Gasteiger partial charge is 0.486 e. The van der Waals surface area contributed by atoms with E-state index in [0.29, 0.717) is 11.5 Å². The van der Waals surface area contributed by atoms with Gasteiger partial charge in [-0.3, -0.25) is 4.79 Å². The van der Waals surface area contributed by atoms with Crippen LogP contribution < -0.4 is 10.1 Å². The van der Waals surface area contributed by atoms with Gasteiger partial charge in [0.15, 0.2) is 0 Å². The first-order chi connectivity index (χ1) is 13.7. The summed E-state index contributed by atoms with van der Waals surface area (Å²) < 4.78 is 21.0. The standard InChI is InChI=1S/C22H18FN3O2/c23-16-7-6-8-17(13-16)24-22(27)14-26-20-12-5-4-11-19(20)25-21(26)15-28-18-9-2-1-3-10-18/h1-13H,14-15H2,(H,24,27). The molecule has 0 atom stereocenters. The highest BCUT2D eigenvalue weighted by Crippen LogP contribution is 2.19. The van der Waals surface area contributed by atoms with Gasteiger partial charge in [0.25, 0.3) is 0 Å². The molecule has 1 amide bonds. The molecule has 0 fully saturated rings. The first-order valence-corrected chi connectivity index (χ1v) is 8.86. The SMILES string of the molecule is O=C(Cn1c(COc2ccccc2)nc2ccccc21)Nc1cccc(F)c1. The summed E-state index contributed by atoms with van der Waals surface area (Å²) in [5.74, 6) is 0.697. The molecule has 0 aliphatic heterocycles. The molecule has 0 radical (unpaired) electrons. The highest BCUT2D eigenvalue weighted by atomic mass is 19.1. The maximum Gasteiger partial charge on any atom is 0.244 e. The van der Waals surface area contributed by atoms with E-state index in [1.165, 1.54) is 12.1 Å². The molecule has 28 heavy (non-hydrogen) atoms. The average molecular weight is 375 g/mol. The maximum atomic E-state index is 13.3. The lowest BCUT2D eigenvalue weighted by Crippen LogP contribution is -2.20. The van der Waals surface area contributed by atoms with E-state index in [4.69, 9.17) is 4.74 Å². The van der Waals surface area contributed by atoms with Crippen molar-refractivity contribution in [2.45, 2.75) is 13.2 Å². The molecular weight excluding hydrogens is 357 g/mol. The molecule has 1 aromatic heterocycles. The van der Waals surface area contributed by atoms with Crippen LogP contribution >= 0.6 is 0 Å². The van der Waals surface area contributed by atoms with Crippen LogP contribution in [0.3, 0.4) is 0 Å². The maximum absolute atomic E-state index is 13.3. The second-order valence-corrected chi connectivity index (χ2v) is 6.26. The number of anilines is 1. The molecule has 3 aromatic carbocycles. The minimum atomic E-state index is -0.400. The first kappa shape index (κ1) is 17.7. The number of nitrogens with zero attached hydrogens (tertiary/aromatic N) is 2. The number of halogens is 1. The van der Waals surface area contributed by atoms with Crippen LogP contribution in [0, 0.1) is 5.82 Å². The lowest BCUT2D eigenvalue weighted by atomic mass is 10.3. The molecule has 4 aromatic rings. The van der Waals surface area contributed by atoms with E-state index in [2.05, 4.69) is 10.3 Å². The van der Waals surface area contributed by atoms with Crippen molar-refractivity contribution in [3.63, 3.8) is 0 Å². The third-order valence-corrected chi connectivity index (χ3v) is 4.25. The Morgan fingerprint density at radius 3 is 2.61 bits per heavy atom. The molecule has 0 unspecified atom stereocenters. The van der Waals surface area contributed by atoms with Crippen LogP contribution in [-0.4, -0.2) is 15.5 Å². The Balaban J connectivity index is 1.56. The van der Waals surface area contributed by atoms with Crippen LogP contribution in [0.1, 0.15) is 5.82 Å². The van der Waals surface area contributed by atoms with Crippen LogP contribution in [0.2, 0.25) is 0 Å². The number of ether oxygens (including phenoxy) is 1. The molecule has 0 saturated carbocycles. The van der Waals surface area contributed by atoms with E-state index in [0.717, 1.165) is 16.8 Å². The third kappa shape index (κ3) is 4.01. The van der Waals surface area contributed by atoms with Gasteiger partial charge in [-0.15, -0.1) is 0 Å². The fraction of sp³-hybridized carbons (Fsp3) is 0.0909. The van der Waals surface area contributed by atoms with Crippen molar-refractivity contribution < 1.29 is 13.9 Å². The number of carbonyl (C=O) groups is 1. The Morgan fingerprint density at radius 2 is 1.79 bits per heavy atom. The fourth-order valence-electron chi connectivity index (χ4n) is 2.99. The van der Waals surface area contributed by atoms with Gasteiger partial charge in [-0.2, -0.15) is 0 Å². The number of nitrogens with one attached hydrogen (secondary N) is 1. The van der Waals surface area contributed by atoms with Crippen LogP contribution in [-0.2, 0) is 17.9 Å². The second kappa shape index (κ2) is 7.92. The lowest BCUT2D eigenvalue weighted by molar-refractivity contribution is -0.116. The number of hydrogen-bond donors (Lipinski definition) is 1. The van der Waals surface area contributed by atoms with Gasteiger partial charge >= 0.3 is 0 Å². The number of para-hydroxylation sites is 3. The molecule has 0 aliphatic rings. The van der Waals surface area contributed by atoms with E-state index >= 15 is 0 Å². The summed E-state index contributed by atoms with van der Waals surface area (Å²) in [6, 6.07) is 22.8. The van der Waals surface area contributed by atoms with Gasteiger partial charge in [0.05, 0.1) is 11.0 Å². The predicted molar refractivity (Wildman–Crippen MR) is 106 cm³/mol. The molecule has 1 N–H and O–H groups in total. The van der Waals surface area contributed by atoms with Crippen molar-refractivity contribution in [1.29, 1.82) is 0 Å². The van der Waals surface area contributed by atoms with Gasteiger partial charge in [-0.1, -0.05) is 36.4 Å². The monoisotopic (exact) mass is 375 g/mol. The molecule has 6 heteroatoms. The number of aromatic nitrogens is 2. The van der Waals surface area contributed by atoms with Crippen LogP contribution in [0.25, 0.3) is 11.0 Å². The average Bonchev–Trinajstić information content (AvgIpc) is 3.05. The number of fused-ring (bicyclic) bond motifs is 1. The van der Waals surface area contributed by atoms with Crippen molar-refractivity contribution >= 4 is 22.6 Å². The Labute approximate surface area is 161 Å². The fourth-order valence-corrected chi connectivity index (χ4v) is 2.99. The lowest BCUT2D eigenvalue weighted by Gasteiger charge is -2.11. The van der Waals surface area contributed by atoms with Crippen molar-refractivity contribution in [3.05, 3.63) is 90.5 Å². The number of benzene rings is 3. The summed E-state index contributed by atoms with van der Waals surface area (Å²) in [4.78, 5) is 17.1. The number of hydrogen-bond acceptors (Lipinski definition) is 3. The molecule has 0 saturated heterocycles. The smallest absolute Gasteiger partial charge is 0.244 e. The summed E-state index contributed by atoms with van der Waals surface area (Å²) in [6.45, 7) is 0.274. The molecule has 1 heterocycles. The summed E-state index contributed by atoms with van der Waals surface area (Å²) in [5.41, 5.74) is 2.03. The van der Waals surface area contributed by atoms with E-state index in [1.54, 1.807) is 12.1 Å². The van der Waals surface area contributed by atoms with Crippen molar-refractivity contribution in [2.24, 2.45) is 0 Å². The minimum Gasteiger partial charge on any atom is -0.486 e. The van der Waals surface area contributed by atoms with Gasteiger partial charge < -0.3 is 14.6 Å². The van der Waals surface area contributed by atoms with E-state index in [9.17, 15) is 9.18 Å². The highest BCUT2D eigenvalue weighted by molar-refractivity contribution is 5.91. The molecule has 0 aliphatic carbocycles. The van der Waals surface area contributed by atoms with E-state index in [-0.39, 0.29) is 19.1 Å². The number of imidazole rings is 1. The Bertz CT molecular complexity index is 1110. The zero-order valence-corrected chi connectivity index (χ0v) is 15.0. The van der Waals surface area contributed by atoms with Crippen LogP contribution in [0.15, 0.2) is 78.9 Å². The summed E-state index contributed by atoms with van der Waals surface area (Å²) in [5, 5.41) is 2.72. The van der Waals surface area contributed by atoms with E-state index < -0.39 is 5.82 Å². The van der Waals surface area contributed by atoms with Gasteiger partial charge in [0.2, 0.25) is 5.91 Å². The zero-order chi connectivity index (χ0) is 19.3. The highest BCUT2D eigenvalue weighted by Gasteiger charge is 2.14. The molecular formula is C22H18FN3O2. The summed E-state index contributed by atoms with van der Waals surface area (Å²) in [7, 11) is 0. The molecule has 140 valence electrons. The molecule has 5 nitrogen and oxygen atoms in total. The van der Waals surface area contributed by atoms with Gasteiger partial charge in [-0.05, 0) is 42.5 Å². The molecule has 0 bridgehead atoms. The zero-order valence-electron chi connectivity index (χ0n) is 15.0. The predicted octanol–water partition coefficient (Wildman–Crippen LogP) is 4.39. The third-order valence-electron chi connectivity index (χ3n) is 4.25. The van der Waals surface area contributed by atoms with Crippen molar-refractivity contribution in [3.8, 4) is 5.75 Å². The normalized spacial score (nSPS) is 10.8. The Kier molecular flexibility index (Phi) is 5.01. The number of carbonyl (C=O) groups excluding carboxylic acids is 1. The van der Waals surface area contributed by atoms with Crippen LogP contribution in [0.4, 0.5) is 10.1 Å². The topological polar surface area (TPSA) is 56.2 Å². The van der Waals surface area contributed by atoms with Gasteiger partial charge in [0.1, 0.15) is 30.5 Å². The summed E-state index contributed by atoms with van der Waals surface area (Å²) in [6.07, 6.45) is 0. The van der Waals surface area contributed by atoms with Crippen molar-refractivity contribution in [2.75, 3.05) is 5.32 Å². The quantitative estimate of drug-likeness (QED) is 0.544. The molecule has 0 spiro atoms. The minimum absolute atomic E-state index is 0.0461. The van der Waals surface area contributed by atoms with Gasteiger partial charge in [0, 0.05) is 5.69 Å². The number of amides is 1. The van der Waals surface area contributed by atoms with Crippen LogP contribution in [0.5, 0.6) is 5.75 Å². The van der Waals surface area contributed by atoms with Gasteiger partial charge in [-0.25, -0.2) is 9.37 Å². The first-order valence-electron chi connectivity index (χ1n) is 8.86. The van der Waals surface area contributed by atoms with E-state index in [1.807, 2.05) is 59.2 Å². The Morgan fingerprint density at radius 1 is 1.00 bits per heavy atom. The van der Waals surface area contributed by atoms with Crippen molar-refractivity contribution in [1.82, 2.24) is 9.55 Å². The number of rotatable bonds is 6.